The van der Waals surface area contributed by atoms with E-state index in [9.17, 15) is 18.0 Å². The number of aliphatic hydroxyl groups is 1. The predicted molar refractivity (Wildman–Crippen MR) is 53.9 cm³/mol. The molecule has 3 nitrogen and oxygen atoms in total. The Morgan fingerprint density at radius 3 is 2.38 bits per heavy atom. The van der Waals surface area contributed by atoms with Gasteiger partial charge in [-0.1, -0.05) is 13.3 Å². The zero-order chi connectivity index (χ0) is 12.6. The Kier molecular flexibility index (Phi) is 7.12. The van der Waals surface area contributed by atoms with Crippen LogP contribution in [0.3, 0.4) is 0 Å². The van der Waals surface area contributed by atoms with Crippen molar-refractivity contribution in [3.63, 3.8) is 0 Å². The molecule has 0 atom stereocenters. The van der Waals surface area contributed by atoms with Crippen LogP contribution >= 0.6 is 0 Å². The summed E-state index contributed by atoms with van der Waals surface area (Å²) in [4.78, 5) is 12.7. The lowest BCUT2D eigenvalue weighted by Crippen LogP contribution is -2.35. The summed E-state index contributed by atoms with van der Waals surface area (Å²) in [6.07, 6.45) is -4.34. The van der Waals surface area contributed by atoms with E-state index in [1.165, 1.54) is 4.90 Å². The summed E-state index contributed by atoms with van der Waals surface area (Å²) in [5.41, 5.74) is 0. The molecule has 0 aliphatic heterocycles. The molecule has 6 heteroatoms. The van der Waals surface area contributed by atoms with Gasteiger partial charge in [0.1, 0.15) is 0 Å². The monoisotopic (exact) mass is 241 g/mol. The molecule has 0 unspecified atom stereocenters. The van der Waals surface area contributed by atoms with Crippen LogP contribution in [-0.2, 0) is 4.79 Å². The molecule has 0 heterocycles. The van der Waals surface area contributed by atoms with Gasteiger partial charge in [-0.3, -0.25) is 4.79 Å². The first-order valence-corrected chi connectivity index (χ1v) is 5.36. The smallest absolute Gasteiger partial charge is 0.389 e. The van der Waals surface area contributed by atoms with E-state index in [1.54, 1.807) is 0 Å². The average Bonchev–Trinajstić information content (AvgIpc) is 2.19. The normalized spacial score (nSPS) is 11.6. The van der Waals surface area contributed by atoms with Crippen molar-refractivity contribution in [1.29, 1.82) is 0 Å². The van der Waals surface area contributed by atoms with Gasteiger partial charge in [0.05, 0.1) is 13.0 Å². The molecule has 16 heavy (non-hydrogen) atoms. The van der Waals surface area contributed by atoms with Crippen LogP contribution in [0.1, 0.15) is 32.6 Å². The summed E-state index contributed by atoms with van der Waals surface area (Å²) in [7, 11) is 0. The molecule has 0 radical (unpaired) electrons. The summed E-state index contributed by atoms with van der Waals surface area (Å²) in [5, 5.41) is 8.70. The van der Waals surface area contributed by atoms with Crippen molar-refractivity contribution in [2.24, 2.45) is 0 Å². The van der Waals surface area contributed by atoms with Crippen LogP contribution in [0.2, 0.25) is 0 Å². The standard InChI is InChI=1S/C10H18F3NO2/c1-2-3-6-14(7-8-15)9(16)4-5-10(11,12)13/h15H,2-8H2,1H3. The van der Waals surface area contributed by atoms with Crippen molar-refractivity contribution < 1.29 is 23.1 Å². The number of rotatable bonds is 7. The van der Waals surface area contributed by atoms with Crippen LogP contribution < -0.4 is 0 Å². The number of nitrogens with zero attached hydrogens (tertiary/aromatic N) is 1. The molecule has 0 aliphatic rings. The fraction of sp³-hybridized carbons (Fsp3) is 0.900. The van der Waals surface area contributed by atoms with Gasteiger partial charge in [0.15, 0.2) is 0 Å². The molecule has 1 N–H and O–H groups in total. The highest BCUT2D eigenvalue weighted by atomic mass is 19.4. The van der Waals surface area contributed by atoms with Gasteiger partial charge >= 0.3 is 6.18 Å². The van der Waals surface area contributed by atoms with E-state index < -0.39 is 24.9 Å². The van der Waals surface area contributed by atoms with E-state index in [2.05, 4.69) is 0 Å². The predicted octanol–water partition coefficient (Wildman–Crippen LogP) is 1.95. The summed E-state index contributed by atoms with van der Waals surface area (Å²) in [6.45, 7) is 2.23. The second kappa shape index (κ2) is 7.49. The van der Waals surface area contributed by atoms with Crippen molar-refractivity contribution in [3.8, 4) is 0 Å². The van der Waals surface area contributed by atoms with Gasteiger partial charge in [-0.2, -0.15) is 13.2 Å². The lowest BCUT2D eigenvalue weighted by Gasteiger charge is -2.21. The second-order valence-electron chi connectivity index (χ2n) is 3.57. The van der Waals surface area contributed by atoms with Crippen LogP contribution in [0.4, 0.5) is 13.2 Å². The molecule has 96 valence electrons. The van der Waals surface area contributed by atoms with E-state index in [4.69, 9.17) is 5.11 Å². The fourth-order valence-electron chi connectivity index (χ4n) is 1.24. The van der Waals surface area contributed by atoms with E-state index >= 15 is 0 Å². The summed E-state index contributed by atoms with van der Waals surface area (Å²) >= 11 is 0. The van der Waals surface area contributed by atoms with Crippen molar-refractivity contribution in [2.45, 2.75) is 38.8 Å². The van der Waals surface area contributed by atoms with Crippen LogP contribution in [0.25, 0.3) is 0 Å². The molecule has 1 amide bonds. The highest BCUT2D eigenvalue weighted by molar-refractivity contribution is 5.76. The van der Waals surface area contributed by atoms with Gasteiger partial charge in [0.25, 0.3) is 0 Å². The SMILES string of the molecule is CCCCN(CCO)C(=O)CCC(F)(F)F. The summed E-state index contributed by atoms with van der Waals surface area (Å²) in [6, 6.07) is 0. The van der Waals surface area contributed by atoms with E-state index in [0.717, 1.165) is 12.8 Å². The molecule has 0 spiro atoms. The number of amides is 1. The number of unbranched alkanes of at least 4 members (excludes halogenated alkanes) is 1. The highest BCUT2D eigenvalue weighted by Gasteiger charge is 2.28. The minimum Gasteiger partial charge on any atom is -0.395 e. The molecule has 0 aliphatic carbocycles. The zero-order valence-electron chi connectivity index (χ0n) is 9.39. The lowest BCUT2D eigenvalue weighted by molar-refractivity contribution is -0.149. The van der Waals surface area contributed by atoms with Crippen molar-refractivity contribution >= 4 is 5.91 Å². The molecule has 0 saturated heterocycles. The highest BCUT2D eigenvalue weighted by Crippen LogP contribution is 2.21. The molecular formula is C10H18F3NO2. The number of alkyl halides is 3. The first kappa shape index (κ1) is 15.2. The maximum atomic E-state index is 11.9. The van der Waals surface area contributed by atoms with Crippen LogP contribution in [0.15, 0.2) is 0 Å². The Morgan fingerprint density at radius 1 is 1.31 bits per heavy atom. The molecule has 0 fully saturated rings. The van der Waals surface area contributed by atoms with E-state index in [1.807, 2.05) is 6.92 Å². The van der Waals surface area contributed by atoms with Crippen LogP contribution in [-0.4, -0.2) is 41.8 Å². The molecule has 0 bridgehead atoms. The number of hydrogen-bond donors (Lipinski definition) is 1. The largest absolute Gasteiger partial charge is 0.395 e. The number of carbonyl (C=O) groups excluding carboxylic acids is 1. The molecular weight excluding hydrogens is 223 g/mol. The van der Waals surface area contributed by atoms with Gasteiger partial charge < -0.3 is 10.0 Å². The van der Waals surface area contributed by atoms with Gasteiger partial charge in [-0.05, 0) is 6.42 Å². The van der Waals surface area contributed by atoms with E-state index in [0.29, 0.717) is 6.54 Å². The third-order valence-electron chi connectivity index (χ3n) is 2.13. The quantitative estimate of drug-likeness (QED) is 0.740. The van der Waals surface area contributed by atoms with Crippen LogP contribution in [0.5, 0.6) is 0 Å². The zero-order valence-corrected chi connectivity index (χ0v) is 9.39. The van der Waals surface area contributed by atoms with Crippen LogP contribution in [0, 0.1) is 0 Å². The summed E-state index contributed by atoms with van der Waals surface area (Å²) < 4.78 is 35.7. The Bertz CT molecular complexity index is 207. The van der Waals surface area contributed by atoms with Gasteiger partial charge in [-0.15, -0.1) is 0 Å². The molecule has 0 aromatic heterocycles. The summed E-state index contributed by atoms with van der Waals surface area (Å²) in [5.74, 6) is -0.542. The molecule has 0 aromatic carbocycles. The van der Waals surface area contributed by atoms with Crippen molar-refractivity contribution in [3.05, 3.63) is 0 Å². The first-order valence-electron chi connectivity index (χ1n) is 5.36. The number of aliphatic hydroxyl groups excluding tert-OH is 1. The molecule has 0 rings (SSSR count). The Balaban J connectivity index is 4.05. The average molecular weight is 241 g/mol. The van der Waals surface area contributed by atoms with Crippen molar-refractivity contribution in [1.82, 2.24) is 4.90 Å². The second-order valence-corrected chi connectivity index (χ2v) is 3.57. The van der Waals surface area contributed by atoms with Gasteiger partial charge in [0.2, 0.25) is 5.91 Å². The maximum absolute atomic E-state index is 11.9. The number of carbonyl (C=O) groups is 1. The lowest BCUT2D eigenvalue weighted by atomic mass is 10.2. The first-order chi connectivity index (χ1) is 7.40. The number of hydrogen-bond acceptors (Lipinski definition) is 2. The Hall–Kier alpha value is -0.780. The van der Waals surface area contributed by atoms with Gasteiger partial charge in [0, 0.05) is 19.5 Å². The third kappa shape index (κ3) is 7.50. The Labute approximate surface area is 93.2 Å². The minimum atomic E-state index is -4.30. The third-order valence-corrected chi connectivity index (χ3v) is 2.13. The molecule has 0 saturated carbocycles. The maximum Gasteiger partial charge on any atom is 0.389 e. The molecule has 0 aromatic rings. The fourth-order valence-corrected chi connectivity index (χ4v) is 1.24. The van der Waals surface area contributed by atoms with Crippen molar-refractivity contribution in [2.75, 3.05) is 19.7 Å². The van der Waals surface area contributed by atoms with E-state index in [-0.39, 0.29) is 13.2 Å². The topological polar surface area (TPSA) is 40.5 Å². The number of halogens is 3. The van der Waals surface area contributed by atoms with Gasteiger partial charge in [-0.25, -0.2) is 0 Å². The Morgan fingerprint density at radius 2 is 1.94 bits per heavy atom. The minimum absolute atomic E-state index is 0.108.